The number of aliphatic hydroxyl groups is 2. The summed E-state index contributed by atoms with van der Waals surface area (Å²) in [6.45, 7) is 8.28. The molecule has 0 aromatic rings. The number of epoxide rings is 1. The van der Waals surface area contributed by atoms with E-state index in [2.05, 4.69) is 13.0 Å². The number of carbonyl (C=O) groups excluding carboxylic acids is 3. The molecule has 2 spiro atoms. The van der Waals surface area contributed by atoms with Crippen molar-refractivity contribution in [3.05, 3.63) is 36.0 Å². The maximum Gasteiger partial charge on any atom is 0.331 e. The molecule has 11 nitrogen and oxygen atoms in total. The zero-order chi connectivity index (χ0) is 30.5. The predicted octanol–water partition coefficient (Wildman–Crippen LogP) is 2.08. The Bertz CT molecular complexity index is 1190. The predicted molar refractivity (Wildman–Crippen MR) is 147 cm³/mol. The number of aliphatic hydroxyl groups excluding tert-OH is 2. The number of carbonyl (C=O) groups is 3. The first kappa shape index (κ1) is 30.9. The van der Waals surface area contributed by atoms with Crippen molar-refractivity contribution in [1.82, 2.24) is 0 Å². The Labute approximate surface area is 245 Å². The Balaban J connectivity index is 1.53. The van der Waals surface area contributed by atoms with Gasteiger partial charge in [-0.1, -0.05) is 36.8 Å². The van der Waals surface area contributed by atoms with Gasteiger partial charge in [-0.25, -0.2) is 4.79 Å². The minimum Gasteiger partial charge on any atom is -0.465 e. The highest BCUT2D eigenvalue weighted by atomic mass is 16.6. The molecule has 232 valence electrons. The van der Waals surface area contributed by atoms with Crippen LogP contribution in [0.4, 0.5) is 0 Å². The average Bonchev–Trinajstić information content (AvgIpc) is 3.68. The molecule has 11 heteroatoms. The highest BCUT2D eigenvalue weighted by molar-refractivity contribution is 5.82. The molecule has 3 aliphatic heterocycles. The van der Waals surface area contributed by atoms with E-state index in [4.69, 9.17) is 28.4 Å². The minimum absolute atomic E-state index is 0.0475. The number of rotatable bonds is 2. The van der Waals surface area contributed by atoms with E-state index >= 15 is 0 Å². The van der Waals surface area contributed by atoms with Gasteiger partial charge in [0.2, 0.25) is 0 Å². The number of allylic oxidation sites excluding steroid dienone is 3. The van der Waals surface area contributed by atoms with E-state index in [1.165, 1.54) is 39.0 Å². The second-order valence-electron chi connectivity index (χ2n) is 12.8. The van der Waals surface area contributed by atoms with Crippen LogP contribution in [0.25, 0.3) is 0 Å². The Morgan fingerprint density at radius 1 is 1.17 bits per heavy atom. The van der Waals surface area contributed by atoms with Crippen LogP contribution < -0.4 is 0 Å². The summed E-state index contributed by atoms with van der Waals surface area (Å²) >= 11 is 0. The van der Waals surface area contributed by atoms with Crippen LogP contribution >= 0.6 is 0 Å². The largest absolute Gasteiger partial charge is 0.465 e. The second kappa shape index (κ2) is 11.2. The van der Waals surface area contributed by atoms with Crippen LogP contribution in [-0.4, -0.2) is 95.8 Å². The molecule has 0 aromatic heterocycles. The number of esters is 3. The Morgan fingerprint density at radius 2 is 1.90 bits per heavy atom. The van der Waals surface area contributed by atoms with Crippen LogP contribution in [0.1, 0.15) is 60.3 Å². The second-order valence-corrected chi connectivity index (χ2v) is 12.8. The summed E-state index contributed by atoms with van der Waals surface area (Å²) in [4.78, 5) is 38.5. The van der Waals surface area contributed by atoms with E-state index in [0.717, 1.165) is 12.0 Å². The summed E-state index contributed by atoms with van der Waals surface area (Å²) in [6.07, 6.45) is 4.82. The van der Waals surface area contributed by atoms with E-state index < -0.39 is 76.9 Å². The van der Waals surface area contributed by atoms with Crippen molar-refractivity contribution in [2.24, 2.45) is 10.8 Å². The minimum atomic E-state index is -1.66. The molecular formula is C31H42O11. The molecule has 3 heterocycles. The zero-order valence-electron chi connectivity index (χ0n) is 24.9. The van der Waals surface area contributed by atoms with Gasteiger partial charge in [0.25, 0.3) is 0 Å². The van der Waals surface area contributed by atoms with Crippen molar-refractivity contribution in [1.29, 1.82) is 0 Å². The standard InChI is InChI=1S/C31H42O11/c1-18-10-11-30-16-38-27(36)14-28(4,42-20(3)33)22(34)15-37-21(19(2)32)8-6-7-9-26(35)41-23-13-25(40-24(30)12-18)31(17-39-31)29(23,30)5/h6-9,12,19,21-25,32,34H,10-11,13-17H2,1-5H3/b8-6-,9-7-/t19?,21?,22?,23-,24-,25-,28?,29-,30-,31+/m1/s1. The third-order valence-corrected chi connectivity index (χ3v) is 10.1. The first-order chi connectivity index (χ1) is 19.8. The van der Waals surface area contributed by atoms with Gasteiger partial charge >= 0.3 is 17.9 Å². The maximum absolute atomic E-state index is 13.4. The van der Waals surface area contributed by atoms with Crippen molar-refractivity contribution in [2.45, 2.75) is 108 Å². The molecule has 5 aliphatic rings. The Hall–Kier alpha value is -2.57. The first-order valence-corrected chi connectivity index (χ1v) is 14.6. The highest BCUT2D eigenvalue weighted by Crippen LogP contribution is 2.72. The molecule has 2 aliphatic carbocycles. The fourth-order valence-electron chi connectivity index (χ4n) is 7.45. The van der Waals surface area contributed by atoms with E-state index in [1.54, 1.807) is 6.08 Å². The van der Waals surface area contributed by atoms with Crippen LogP contribution in [0.15, 0.2) is 36.0 Å². The van der Waals surface area contributed by atoms with E-state index in [9.17, 15) is 24.6 Å². The molecule has 4 unspecified atom stereocenters. The normalized spacial score (nSPS) is 46.2. The molecule has 10 atom stereocenters. The smallest absolute Gasteiger partial charge is 0.331 e. The third kappa shape index (κ3) is 5.13. The number of ether oxygens (including phenoxy) is 6. The summed E-state index contributed by atoms with van der Waals surface area (Å²) in [6, 6.07) is 0. The lowest BCUT2D eigenvalue weighted by Gasteiger charge is -2.58. The Morgan fingerprint density at radius 3 is 2.57 bits per heavy atom. The van der Waals surface area contributed by atoms with Crippen molar-refractivity contribution in [2.75, 3.05) is 19.8 Å². The lowest BCUT2D eigenvalue weighted by Crippen LogP contribution is -2.66. The molecule has 0 radical (unpaired) electrons. The molecule has 3 fully saturated rings. The molecule has 42 heavy (non-hydrogen) atoms. The monoisotopic (exact) mass is 590 g/mol. The Kier molecular flexibility index (Phi) is 8.21. The van der Waals surface area contributed by atoms with Gasteiger partial charge in [0.15, 0.2) is 0 Å². The summed E-state index contributed by atoms with van der Waals surface area (Å²) in [5.74, 6) is -1.90. The number of cyclic esters (lactones) is 1. The summed E-state index contributed by atoms with van der Waals surface area (Å²) in [5, 5.41) is 21.2. The lowest BCUT2D eigenvalue weighted by molar-refractivity contribution is -0.234. The molecule has 2 saturated heterocycles. The van der Waals surface area contributed by atoms with Crippen LogP contribution in [0.2, 0.25) is 0 Å². The number of hydrogen-bond acceptors (Lipinski definition) is 11. The SMILES string of the molecule is CC(=O)OC1(C)CC(=O)OC[C@]23CCC(C)=C[C@H]2O[C@@H]2C[C@@H](OC(=O)/C=C\C=C/C(C(C)O)OCC1O)[C@@]3(C)[C@]21CO1. The molecule has 5 rings (SSSR count). The van der Waals surface area contributed by atoms with Gasteiger partial charge in [0, 0.05) is 24.8 Å². The summed E-state index contributed by atoms with van der Waals surface area (Å²) < 4.78 is 36.0. The molecule has 2 bridgehead atoms. The molecule has 1 saturated carbocycles. The average molecular weight is 591 g/mol. The van der Waals surface area contributed by atoms with Gasteiger partial charge in [0.05, 0.1) is 43.4 Å². The van der Waals surface area contributed by atoms with Gasteiger partial charge in [0.1, 0.15) is 36.1 Å². The fourth-order valence-corrected chi connectivity index (χ4v) is 7.45. The molecular weight excluding hydrogens is 548 g/mol. The van der Waals surface area contributed by atoms with Gasteiger partial charge in [-0.05, 0) is 33.6 Å². The first-order valence-electron chi connectivity index (χ1n) is 14.6. The van der Waals surface area contributed by atoms with Crippen LogP contribution in [0.5, 0.6) is 0 Å². The quantitative estimate of drug-likeness (QED) is 0.211. The van der Waals surface area contributed by atoms with Crippen LogP contribution in [-0.2, 0) is 42.8 Å². The van der Waals surface area contributed by atoms with Gasteiger partial charge in [-0.3, -0.25) is 9.59 Å². The fraction of sp³-hybridized carbons (Fsp3) is 0.710. The van der Waals surface area contributed by atoms with Gasteiger partial charge in [-0.2, -0.15) is 0 Å². The summed E-state index contributed by atoms with van der Waals surface area (Å²) in [7, 11) is 0. The topological polar surface area (TPSA) is 150 Å². The summed E-state index contributed by atoms with van der Waals surface area (Å²) in [5.41, 5.74) is -2.67. The van der Waals surface area contributed by atoms with Crippen molar-refractivity contribution >= 4 is 17.9 Å². The maximum atomic E-state index is 13.4. The van der Waals surface area contributed by atoms with E-state index in [0.29, 0.717) is 19.4 Å². The van der Waals surface area contributed by atoms with Crippen LogP contribution in [0.3, 0.4) is 0 Å². The van der Waals surface area contributed by atoms with E-state index in [-0.39, 0.29) is 19.3 Å². The van der Waals surface area contributed by atoms with Crippen molar-refractivity contribution in [3.63, 3.8) is 0 Å². The van der Waals surface area contributed by atoms with E-state index in [1.807, 2.05) is 6.92 Å². The van der Waals surface area contributed by atoms with Crippen molar-refractivity contribution in [3.8, 4) is 0 Å². The number of hydrogen-bond donors (Lipinski definition) is 2. The van der Waals surface area contributed by atoms with Gasteiger partial charge in [-0.15, -0.1) is 0 Å². The zero-order valence-corrected chi connectivity index (χ0v) is 24.9. The molecule has 2 N–H and O–H groups in total. The lowest BCUT2D eigenvalue weighted by atomic mass is 9.51. The third-order valence-electron chi connectivity index (χ3n) is 10.1. The molecule has 0 amide bonds. The van der Waals surface area contributed by atoms with Crippen LogP contribution in [0, 0.1) is 10.8 Å². The van der Waals surface area contributed by atoms with Gasteiger partial charge < -0.3 is 38.6 Å². The molecule has 0 aromatic carbocycles. The van der Waals surface area contributed by atoms with Crippen molar-refractivity contribution < 1.29 is 53.0 Å². The highest BCUT2D eigenvalue weighted by Gasteiger charge is 2.83.